The molecular weight excluding hydrogens is 155 g/mol. The number of hydrogen-bond donors (Lipinski definition) is 0. The van der Waals surface area contributed by atoms with Crippen LogP contribution in [-0.2, 0) is 0 Å². The molecule has 2 heteroatoms. The molecule has 1 aromatic carbocycles. The Hall–Kier alpha value is -1.05. The Kier molecular flexibility index (Phi) is 1.56. The fourth-order valence-corrected chi connectivity index (χ4v) is 1.54. The van der Waals surface area contributed by atoms with E-state index in [-0.39, 0.29) is 11.9 Å². The highest BCUT2D eigenvalue weighted by Gasteiger charge is 2.27. The molecule has 64 valence electrons. The predicted molar refractivity (Wildman–Crippen MR) is 44.9 cm³/mol. The van der Waals surface area contributed by atoms with E-state index in [1.807, 2.05) is 6.92 Å². The molecule has 0 N–H and O–H groups in total. The summed E-state index contributed by atoms with van der Waals surface area (Å²) in [5, 5.41) is 0. The first kappa shape index (κ1) is 7.59. The number of benzene rings is 1. The summed E-state index contributed by atoms with van der Waals surface area (Å²) < 4.78 is 18.3. The molecular formula is C10H11FO. The zero-order chi connectivity index (χ0) is 8.72. The number of fused-ring (bicyclic) bond motifs is 1. The second kappa shape index (κ2) is 2.47. The SMILES string of the molecule is CC1Oc2ccc(F)cc2C1C. The Morgan fingerprint density at radius 1 is 1.33 bits per heavy atom. The topological polar surface area (TPSA) is 9.23 Å². The normalized spacial score (nSPS) is 26.6. The lowest BCUT2D eigenvalue weighted by Crippen LogP contribution is -2.10. The van der Waals surface area contributed by atoms with E-state index in [9.17, 15) is 4.39 Å². The standard InChI is InChI=1S/C10H11FO/c1-6-7(2)12-10-4-3-8(11)5-9(6)10/h3-7H,1-2H3. The van der Waals surface area contributed by atoms with Crippen LogP contribution in [0.4, 0.5) is 4.39 Å². The van der Waals surface area contributed by atoms with Crippen molar-refractivity contribution in [3.63, 3.8) is 0 Å². The van der Waals surface area contributed by atoms with Crippen molar-refractivity contribution < 1.29 is 9.13 Å². The molecule has 0 fully saturated rings. The number of hydrogen-bond acceptors (Lipinski definition) is 1. The fraction of sp³-hybridized carbons (Fsp3) is 0.400. The maximum atomic E-state index is 12.8. The van der Waals surface area contributed by atoms with Gasteiger partial charge in [-0.15, -0.1) is 0 Å². The molecule has 1 heterocycles. The zero-order valence-corrected chi connectivity index (χ0v) is 7.17. The summed E-state index contributed by atoms with van der Waals surface area (Å²) in [5.74, 6) is 0.949. The molecule has 1 aromatic rings. The van der Waals surface area contributed by atoms with E-state index in [1.54, 1.807) is 12.1 Å². The molecule has 0 aromatic heterocycles. The van der Waals surface area contributed by atoms with Gasteiger partial charge in [0.2, 0.25) is 0 Å². The summed E-state index contributed by atoms with van der Waals surface area (Å²) in [7, 11) is 0. The van der Waals surface area contributed by atoms with Crippen molar-refractivity contribution in [2.24, 2.45) is 0 Å². The number of ether oxygens (including phenoxy) is 1. The van der Waals surface area contributed by atoms with Gasteiger partial charge in [0.15, 0.2) is 0 Å². The summed E-state index contributed by atoms with van der Waals surface area (Å²) in [4.78, 5) is 0. The van der Waals surface area contributed by atoms with E-state index < -0.39 is 0 Å². The molecule has 1 nitrogen and oxygen atoms in total. The summed E-state index contributed by atoms with van der Waals surface area (Å²) in [6.07, 6.45) is 0.168. The number of rotatable bonds is 0. The highest BCUT2D eigenvalue weighted by atomic mass is 19.1. The lowest BCUT2D eigenvalue weighted by molar-refractivity contribution is 0.232. The van der Waals surface area contributed by atoms with E-state index in [0.717, 1.165) is 11.3 Å². The molecule has 0 spiro atoms. The Labute approximate surface area is 71.2 Å². The van der Waals surface area contributed by atoms with Crippen LogP contribution in [0.5, 0.6) is 5.75 Å². The van der Waals surface area contributed by atoms with Crippen molar-refractivity contribution in [1.29, 1.82) is 0 Å². The predicted octanol–water partition coefficient (Wildman–Crippen LogP) is 2.71. The molecule has 0 saturated heterocycles. The van der Waals surface area contributed by atoms with Crippen LogP contribution in [-0.4, -0.2) is 6.10 Å². The lowest BCUT2D eigenvalue weighted by Gasteiger charge is -2.06. The molecule has 0 amide bonds. The van der Waals surface area contributed by atoms with Crippen LogP contribution < -0.4 is 4.74 Å². The first-order chi connectivity index (χ1) is 5.68. The van der Waals surface area contributed by atoms with Gasteiger partial charge in [-0.25, -0.2) is 4.39 Å². The number of halogens is 1. The van der Waals surface area contributed by atoms with E-state index >= 15 is 0 Å². The lowest BCUT2D eigenvalue weighted by atomic mass is 9.99. The van der Waals surface area contributed by atoms with Gasteiger partial charge in [0.25, 0.3) is 0 Å². The van der Waals surface area contributed by atoms with Gasteiger partial charge in [-0.05, 0) is 25.1 Å². The van der Waals surface area contributed by atoms with Gasteiger partial charge >= 0.3 is 0 Å². The summed E-state index contributed by atoms with van der Waals surface area (Å²) in [6.45, 7) is 4.05. The van der Waals surface area contributed by atoms with Gasteiger partial charge in [0.05, 0.1) is 0 Å². The first-order valence-corrected chi connectivity index (χ1v) is 4.14. The fourth-order valence-electron chi connectivity index (χ4n) is 1.54. The molecule has 1 aliphatic heterocycles. The minimum Gasteiger partial charge on any atom is -0.490 e. The smallest absolute Gasteiger partial charge is 0.123 e. The molecule has 2 unspecified atom stereocenters. The Bertz CT molecular complexity index is 309. The second-order valence-corrected chi connectivity index (χ2v) is 3.29. The van der Waals surface area contributed by atoms with Crippen LogP contribution in [0.25, 0.3) is 0 Å². The van der Waals surface area contributed by atoms with Gasteiger partial charge in [0, 0.05) is 11.5 Å². The summed E-state index contributed by atoms with van der Waals surface area (Å²) in [6, 6.07) is 4.69. The molecule has 12 heavy (non-hydrogen) atoms. The van der Waals surface area contributed by atoms with E-state index in [1.165, 1.54) is 6.07 Å². The Morgan fingerprint density at radius 2 is 2.08 bits per heavy atom. The first-order valence-electron chi connectivity index (χ1n) is 4.14. The summed E-state index contributed by atoms with van der Waals surface area (Å²) in [5.41, 5.74) is 0.988. The molecule has 2 rings (SSSR count). The summed E-state index contributed by atoms with van der Waals surface area (Å²) >= 11 is 0. The molecule has 0 bridgehead atoms. The molecule has 1 aliphatic rings. The molecule has 0 aliphatic carbocycles. The third-order valence-electron chi connectivity index (χ3n) is 2.48. The van der Waals surface area contributed by atoms with Gasteiger partial charge in [0.1, 0.15) is 17.7 Å². The van der Waals surface area contributed by atoms with Crippen molar-refractivity contribution in [3.05, 3.63) is 29.6 Å². The second-order valence-electron chi connectivity index (χ2n) is 3.29. The van der Waals surface area contributed by atoms with Gasteiger partial charge < -0.3 is 4.74 Å². The molecule has 0 radical (unpaired) electrons. The maximum Gasteiger partial charge on any atom is 0.123 e. The largest absolute Gasteiger partial charge is 0.490 e. The zero-order valence-electron chi connectivity index (χ0n) is 7.17. The van der Waals surface area contributed by atoms with Crippen LogP contribution in [0.3, 0.4) is 0 Å². The van der Waals surface area contributed by atoms with E-state index in [0.29, 0.717) is 5.92 Å². The van der Waals surface area contributed by atoms with Gasteiger partial charge in [-0.3, -0.25) is 0 Å². The van der Waals surface area contributed by atoms with E-state index in [2.05, 4.69) is 6.92 Å². The van der Waals surface area contributed by atoms with Crippen LogP contribution >= 0.6 is 0 Å². The highest BCUT2D eigenvalue weighted by molar-refractivity contribution is 5.40. The van der Waals surface area contributed by atoms with Crippen LogP contribution in [0.1, 0.15) is 25.3 Å². The van der Waals surface area contributed by atoms with Crippen LogP contribution in [0.15, 0.2) is 18.2 Å². The maximum absolute atomic E-state index is 12.8. The van der Waals surface area contributed by atoms with Gasteiger partial charge in [-0.1, -0.05) is 6.92 Å². The van der Waals surface area contributed by atoms with Crippen molar-refractivity contribution in [1.82, 2.24) is 0 Å². The Morgan fingerprint density at radius 3 is 2.83 bits per heavy atom. The molecule has 0 saturated carbocycles. The van der Waals surface area contributed by atoms with Gasteiger partial charge in [-0.2, -0.15) is 0 Å². The molecule has 2 atom stereocenters. The highest BCUT2D eigenvalue weighted by Crippen LogP contribution is 2.37. The van der Waals surface area contributed by atoms with Crippen molar-refractivity contribution in [2.45, 2.75) is 25.9 Å². The quantitative estimate of drug-likeness (QED) is 0.575. The van der Waals surface area contributed by atoms with Crippen LogP contribution in [0, 0.1) is 5.82 Å². The third-order valence-corrected chi connectivity index (χ3v) is 2.48. The van der Waals surface area contributed by atoms with E-state index in [4.69, 9.17) is 4.74 Å². The Balaban J connectivity index is 2.48. The average molecular weight is 166 g/mol. The third kappa shape index (κ3) is 0.986. The monoisotopic (exact) mass is 166 g/mol. The minimum absolute atomic E-state index is 0.168. The van der Waals surface area contributed by atoms with Crippen molar-refractivity contribution in [3.8, 4) is 5.75 Å². The average Bonchev–Trinajstić information content (AvgIpc) is 2.31. The van der Waals surface area contributed by atoms with Crippen molar-refractivity contribution >= 4 is 0 Å². The van der Waals surface area contributed by atoms with Crippen LogP contribution in [0.2, 0.25) is 0 Å². The van der Waals surface area contributed by atoms with Crippen molar-refractivity contribution in [2.75, 3.05) is 0 Å². The minimum atomic E-state index is -0.182.